The maximum absolute atomic E-state index is 6.69. The summed E-state index contributed by atoms with van der Waals surface area (Å²) in [5, 5.41) is 2.35. The molecule has 21 heavy (non-hydrogen) atoms. The Hall–Kier alpha value is -1.99. The highest BCUT2D eigenvalue weighted by atomic mass is 35.5. The Bertz CT molecular complexity index is 810. The largest absolute Gasteiger partial charge is 0.493 e. The Balaban J connectivity index is 1.73. The molecule has 0 spiro atoms. The molecule has 0 N–H and O–H groups in total. The van der Waals surface area contributed by atoms with Crippen LogP contribution in [0.25, 0.3) is 10.8 Å². The third-order valence-electron chi connectivity index (χ3n) is 4.07. The van der Waals surface area contributed by atoms with Crippen LogP contribution in [0.5, 0.6) is 5.75 Å². The maximum Gasteiger partial charge on any atom is 0.122 e. The fourth-order valence-corrected chi connectivity index (χ4v) is 3.19. The highest BCUT2D eigenvalue weighted by Gasteiger charge is 2.17. The molecule has 1 heterocycles. The van der Waals surface area contributed by atoms with Crippen molar-refractivity contribution in [2.24, 2.45) is 0 Å². The lowest BCUT2D eigenvalue weighted by Gasteiger charge is -2.12. The van der Waals surface area contributed by atoms with E-state index in [0.29, 0.717) is 0 Å². The van der Waals surface area contributed by atoms with Gasteiger partial charge in [0.2, 0.25) is 0 Å². The van der Waals surface area contributed by atoms with E-state index in [2.05, 4.69) is 54.6 Å². The topological polar surface area (TPSA) is 9.23 Å². The van der Waals surface area contributed by atoms with Crippen LogP contribution >= 0.6 is 11.6 Å². The van der Waals surface area contributed by atoms with Gasteiger partial charge in [-0.1, -0.05) is 48.5 Å². The molecule has 0 radical (unpaired) electrons. The summed E-state index contributed by atoms with van der Waals surface area (Å²) in [4.78, 5) is 0. The van der Waals surface area contributed by atoms with Crippen LogP contribution in [0.3, 0.4) is 0 Å². The summed E-state index contributed by atoms with van der Waals surface area (Å²) in [7, 11) is 0. The lowest BCUT2D eigenvalue weighted by Crippen LogP contribution is -1.94. The number of benzene rings is 3. The Morgan fingerprint density at radius 2 is 1.62 bits per heavy atom. The van der Waals surface area contributed by atoms with Crippen molar-refractivity contribution in [3.63, 3.8) is 0 Å². The molecule has 1 atom stereocenters. The molecule has 0 saturated heterocycles. The molecular formula is C19H15ClO. The van der Waals surface area contributed by atoms with Gasteiger partial charge in [-0.15, -0.1) is 11.6 Å². The molecular weight excluding hydrogens is 280 g/mol. The first-order valence-corrected chi connectivity index (χ1v) is 7.63. The van der Waals surface area contributed by atoms with Crippen molar-refractivity contribution in [2.45, 2.75) is 11.8 Å². The highest BCUT2D eigenvalue weighted by molar-refractivity contribution is 6.22. The van der Waals surface area contributed by atoms with Crippen molar-refractivity contribution in [2.75, 3.05) is 6.61 Å². The van der Waals surface area contributed by atoms with Crippen molar-refractivity contribution in [3.8, 4) is 5.75 Å². The van der Waals surface area contributed by atoms with Gasteiger partial charge in [0, 0.05) is 6.42 Å². The fourth-order valence-electron chi connectivity index (χ4n) is 2.92. The first kappa shape index (κ1) is 12.7. The molecule has 4 rings (SSSR count). The van der Waals surface area contributed by atoms with Crippen LogP contribution in [0.15, 0.2) is 60.7 Å². The van der Waals surface area contributed by atoms with E-state index in [9.17, 15) is 0 Å². The van der Waals surface area contributed by atoms with Crippen LogP contribution in [0.2, 0.25) is 0 Å². The van der Waals surface area contributed by atoms with Gasteiger partial charge in [0.1, 0.15) is 5.75 Å². The minimum atomic E-state index is -0.125. The van der Waals surface area contributed by atoms with Crippen LogP contribution in [-0.4, -0.2) is 6.61 Å². The Labute approximate surface area is 129 Å². The van der Waals surface area contributed by atoms with E-state index in [1.807, 2.05) is 6.07 Å². The second-order valence-electron chi connectivity index (χ2n) is 5.43. The SMILES string of the molecule is ClC(c1ccc2c(c1)CCO2)c1ccc2ccccc2c1. The third kappa shape index (κ3) is 2.28. The molecule has 0 saturated carbocycles. The smallest absolute Gasteiger partial charge is 0.122 e. The number of hydrogen-bond donors (Lipinski definition) is 0. The van der Waals surface area contributed by atoms with Crippen molar-refractivity contribution in [1.29, 1.82) is 0 Å². The molecule has 1 aliphatic rings. The maximum atomic E-state index is 6.69. The summed E-state index contributed by atoms with van der Waals surface area (Å²) < 4.78 is 5.55. The van der Waals surface area contributed by atoms with E-state index < -0.39 is 0 Å². The van der Waals surface area contributed by atoms with E-state index in [4.69, 9.17) is 16.3 Å². The zero-order chi connectivity index (χ0) is 14.2. The van der Waals surface area contributed by atoms with Gasteiger partial charge in [0.25, 0.3) is 0 Å². The van der Waals surface area contributed by atoms with Crippen molar-refractivity contribution in [1.82, 2.24) is 0 Å². The predicted octanol–water partition coefficient (Wildman–Crippen LogP) is 5.10. The standard InChI is InChI=1S/C19H15ClO/c20-19(17-7-8-18-15(12-17)9-10-21-18)16-6-5-13-3-1-2-4-14(13)11-16/h1-8,11-12,19H,9-10H2. The van der Waals surface area contributed by atoms with E-state index in [0.717, 1.165) is 29.9 Å². The minimum absolute atomic E-state index is 0.125. The first-order chi connectivity index (χ1) is 10.3. The van der Waals surface area contributed by atoms with Gasteiger partial charge >= 0.3 is 0 Å². The number of halogens is 1. The first-order valence-electron chi connectivity index (χ1n) is 7.20. The van der Waals surface area contributed by atoms with Gasteiger partial charge in [0.05, 0.1) is 12.0 Å². The molecule has 0 aliphatic carbocycles. The molecule has 0 amide bonds. The molecule has 0 bridgehead atoms. The number of hydrogen-bond acceptors (Lipinski definition) is 1. The van der Waals surface area contributed by atoms with Crippen LogP contribution in [0, 0.1) is 0 Å². The zero-order valence-electron chi connectivity index (χ0n) is 11.6. The molecule has 1 aliphatic heterocycles. The Morgan fingerprint density at radius 1 is 0.857 bits per heavy atom. The third-order valence-corrected chi connectivity index (χ3v) is 4.58. The summed E-state index contributed by atoms with van der Waals surface area (Å²) in [6, 6.07) is 21.1. The lowest BCUT2D eigenvalue weighted by atomic mass is 9.99. The van der Waals surface area contributed by atoms with Gasteiger partial charge in [-0.05, 0) is 39.6 Å². The summed E-state index contributed by atoms with van der Waals surface area (Å²) in [5.41, 5.74) is 3.53. The predicted molar refractivity (Wildman–Crippen MR) is 87.3 cm³/mol. The molecule has 3 aromatic rings. The highest BCUT2D eigenvalue weighted by Crippen LogP contribution is 2.34. The van der Waals surface area contributed by atoms with Crippen LogP contribution in [-0.2, 0) is 6.42 Å². The number of alkyl halides is 1. The molecule has 3 aromatic carbocycles. The number of ether oxygens (including phenoxy) is 1. The van der Waals surface area contributed by atoms with E-state index in [-0.39, 0.29) is 5.38 Å². The number of fused-ring (bicyclic) bond motifs is 2. The minimum Gasteiger partial charge on any atom is -0.493 e. The Morgan fingerprint density at radius 3 is 2.52 bits per heavy atom. The van der Waals surface area contributed by atoms with Gasteiger partial charge in [-0.2, -0.15) is 0 Å². The van der Waals surface area contributed by atoms with Gasteiger partial charge in [0.15, 0.2) is 0 Å². The average Bonchev–Trinajstić information content (AvgIpc) is 3.01. The van der Waals surface area contributed by atoms with E-state index in [1.165, 1.54) is 16.3 Å². The van der Waals surface area contributed by atoms with Gasteiger partial charge in [-0.3, -0.25) is 0 Å². The number of rotatable bonds is 2. The quantitative estimate of drug-likeness (QED) is 0.597. The summed E-state index contributed by atoms with van der Waals surface area (Å²) in [6.45, 7) is 0.779. The second-order valence-corrected chi connectivity index (χ2v) is 5.87. The second kappa shape index (κ2) is 5.09. The fraction of sp³-hybridized carbons (Fsp3) is 0.158. The van der Waals surface area contributed by atoms with Gasteiger partial charge < -0.3 is 4.74 Å². The molecule has 1 nitrogen and oxygen atoms in total. The molecule has 0 aromatic heterocycles. The lowest BCUT2D eigenvalue weighted by molar-refractivity contribution is 0.357. The van der Waals surface area contributed by atoms with Crippen LogP contribution in [0.4, 0.5) is 0 Å². The zero-order valence-corrected chi connectivity index (χ0v) is 12.3. The Kier molecular flexibility index (Phi) is 3.08. The van der Waals surface area contributed by atoms with E-state index >= 15 is 0 Å². The summed E-state index contributed by atoms with van der Waals surface area (Å²) in [6.07, 6.45) is 0.977. The molecule has 104 valence electrons. The monoisotopic (exact) mass is 294 g/mol. The van der Waals surface area contributed by atoms with Crippen LogP contribution < -0.4 is 4.74 Å². The summed E-state index contributed by atoms with van der Waals surface area (Å²) >= 11 is 6.69. The molecule has 2 heteroatoms. The van der Waals surface area contributed by atoms with Crippen molar-refractivity contribution >= 4 is 22.4 Å². The summed E-state index contributed by atoms with van der Waals surface area (Å²) in [5.74, 6) is 1.00. The van der Waals surface area contributed by atoms with E-state index in [1.54, 1.807) is 0 Å². The van der Waals surface area contributed by atoms with Gasteiger partial charge in [-0.25, -0.2) is 0 Å². The normalized spacial score (nSPS) is 14.7. The molecule has 1 unspecified atom stereocenters. The van der Waals surface area contributed by atoms with Crippen LogP contribution in [0.1, 0.15) is 22.1 Å². The van der Waals surface area contributed by atoms with Crippen molar-refractivity contribution < 1.29 is 4.74 Å². The average molecular weight is 295 g/mol. The molecule has 0 fully saturated rings. The van der Waals surface area contributed by atoms with Crippen molar-refractivity contribution in [3.05, 3.63) is 77.4 Å².